The second-order valence-electron chi connectivity index (χ2n) is 5.47. The van der Waals surface area contributed by atoms with Crippen molar-refractivity contribution in [1.29, 1.82) is 5.26 Å². The van der Waals surface area contributed by atoms with Crippen LogP contribution in [0.5, 0.6) is 0 Å². The minimum atomic E-state index is -0.742. The lowest BCUT2D eigenvalue weighted by atomic mass is 9.80. The summed E-state index contributed by atoms with van der Waals surface area (Å²) in [6.07, 6.45) is 4.29. The number of nitriles is 1. The van der Waals surface area contributed by atoms with Crippen molar-refractivity contribution in [3.05, 3.63) is 35.4 Å². The smallest absolute Gasteiger partial charge is 0.0839 e. The maximum atomic E-state index is 10.8. The van der Waals surface area contributed by atoms with Gasteiger partial charge in [-0.2, -0.15) is 5.26 Å². The third-order valence-corrected chi connectivity index (χ3v) is 4.69. The van der Waals surface area contributed by atoms with E-state index in [2.05, 4.69) is 30.3 Å². The molecule has 0 heterocycles. The highest BCUT2D eigenvalue weighted by Crippen LogP contribution is 2.48. The summed E-state index contributed by atoms with van der Waals surface area (Å²) >= 11 is 0. The summed E-state index contributed by atoms with van der Waals surface area (Å²) in [6.45, 7) is 0. The standard InChI is InChI=1S/C15H17NO/c16-8-7-15(17)13-5-6-14(15)10-12-4-2-1-3-11(12)9-13/h1-4,13-14,17H,5-7,9-10H2. The zero-order valence-corrected chi connectivity index (χ0v) is 9.89. The molecule has 1 aromatic rings. The van der Waals surface area contributed by atoms with Crippen molar-refractivity contribution in [2.75, 3.05) is 0 Å². The molecule has 17 heavy (non-hydrogen) atoms. The van der Waals surface area contributed by atoms with Crippen molar-refractivity contribution in [1.82, 2.24) is 0 Å². The van der Waals surface area contributed by atoms with Gasteiger partial charge in [0.1, 0.15) is 0 Å². The molecule has 1 aromatic carbocycles. The molecule has 2 heteroatoms. The molecule has 1 fully saturated rings. The first kappa shape index (κ1) is 10.8. The van der Waals surface area contributed by atoms with E-state index in [-0.39, 0.29) is 18.3 Å². The van der Waals surface area contributed by atoms with Crippen LogP contribution in [-0.4, -0.2) is 10.7 Å². The molecule has 2 nitrogen and oxygen atoms in total. The van der Waals surface area contributed by atoms with Crippen LogP contribution in [0.3, 0.4) is 0 Å². The lowest BCUT2D eigenvalue weighted by molar-refractivity contribution is -0.0290. The van der Waals surface area contributed by atoms with Gasteiger partial charge in [-0.15, -0.1) is 0 Å². The monoisotopic (exact) mass is 227 g/mol. The van der Waals surface area contributed by atoms with E-state index >= 15 is 0 Å². The molecular weight excluding hydrogens is 210 g/mol. The average molecular weight is 227 g/mol. The Morgan fingerprint density at radius 1 is 1.18 bits per heavy atom. The Bertz CT molecular complexity index is 441. The van der Waals surface area contributed by atoms with Crippen molar-refractivity contribution < 1.29 is 5.11 Å². The van der Waals surface area contributed by atoms with E-state index in [1.165, 1.54) is 11.1 Å². The van der Waals surface area contributed by atoms with Crippen LogP contribution in [0.2, 0.25) is 0 Å². The van der Waals surface area contributed by atoms with E-state index in [4.69, 9.17) is 5.26 Å². The second kappa shape index (κ2) is 3.85. The highest BCUT2D eigenvalue weighted by Gasteiger charge is 2.50. The molecule has 0 spiro atoms. The van der Waals surface area contributed by atoms with Crippen molar-refractivity contribution in [2.45, 2.75) is 37.7 Å². The maximum absolute atomic E-state index is 10.8. The molecule has 0 saturated heterocycles. The molecule has 1 N–H and O–H groups in total. The molecule has 0 radical (unpaired) electrons. The number of hydrogen-bond acceptors (Lipinski definition) is 2. The molecule has 0 aromatic heterocycles. The number of nitrogens with zero attached hydrogens (tertiary/aromatic N) is 1. The van der Waals surface area contributed by atoms with Gasteiger partial charge in [-0.25, -0.2) is 0 Å². The Morgan fingerprint density at radius 2 is 1.71 bits per heavy atom. The lowest BCUT2D eigenvalue weighted by Gasteiger charge is -2.31. The van der Waals surface area contributed by atoms with Gasteiger partial charge in [-0.1, -0.05) is 24.3 Å². The first-order chi connectivity index (χ1) is 8.24. The van der Waals surface area contributed by atoms with E-state index in [1.54, 1.807) is 0 Å². The SMILES string of the molecule is N#CCC1(O)C2CCC1Cc1ccccc1C2. The van der Waals surface area contributed by atoms with E-state index in [0.29, 0.717) is 0 Å². The van der Waals surface area contributed by atoms with Gasteiger partial charge in [0.15, 0.2) is 0 Å². The van der Waals surface area contributed by atoms with Crippen LogP contribution in [0.4, 0.5) is 0 Å². The van der Waals surface area contributed by atoms with Gasteiger partial charge in [-0.3, -0.25) is 0 Å². The second-order valence-corrected chi connectivity index (χ2v) is 5.47. The zero-order chi connectivity index (χ0) is 11.9. The summed E-state index contributed by atoms with van der Waals surface area (Å²) in [6, 6.07) is 10.7. The summed E-state index contributed by atoms with van der Waals surface area (Å²) in [5.41, 5.74) is 2.00. The molecule has 2 aliphatic carbocycles. The van der Waals surface area contributed by atoms with E-state index in [0.717, 1.165) is 25.7 Å². The average Bonchev–Trinajstić information content (AvgIpc) is 2.52. The van der Waals surface area contributed by atoms with E-state index < -0.39 is 5.60 Å². The molecule has 2 aliphatic rings. The molecule has 2 bridgehead atoms. The predicted molar refractivity (Wildman–Crippen MR) is 65.2 cm³/mol. The molecule has 0 aliphatic heterocycles. The Labute approximate surface area is 102 Å². The van der Waals surface area contributed by atoms with Gasteiger partial charge < -0.3 is 5.11 Å². The van der Waals surface area contributed by atoms with Crippen molar-refractivity contribution in [3.8, 4) is 6.07 Å². The van der Waals surface area contributed by atoms with Gasteiger partial charge in [-0.05, 0) is 48.6 Å². The fourth-order valence-corrected chi connectivity index (χ4v) is 3.70. The van der Waals surface area contributed by atoms with Gasteiger partial charge in [0.2, 0.25) is 0 Å². The van der Waals surface area contributed by atoms with Crippen molar-refractivity contribution in [2.24, 2.45) is 11.8 Å². The predicted octanol–water partition coefficient (Wildman–Crippen LogP) is 2.46. The van der Waals surface area contributed by atoms with Crippen molar-refractivity contribution in [3.63, 3.8) is 0 Å². The van der Waals surface area contributed by atoms with Crippen LogP contribution < -0.4 is 0 Å². The molecule has 0 amide bonds. The fraction of sp³-hybridized carbons (Fsp3) is 0.533. The normalized spacial score (nSPS) is 34.8. The molecule has 88 valence electrons. The minimum absolute atomic E-state index is 0.274. The van der Waals surface area contributed by atoms with Crippen LogP contribution in [0.15, 0.2) is 24.3 Å². The van der Waals surface area contributed by atoms with Crippen LogP contribution in [-0.2, 0) is 12.8 Å². The van der Waals surface area contributed by atoms with Gasteiger partial charge >= 0.3 is 0 Å². The first-order valence-corrected chi connectivity index (χ1v) is 6.40. The largest absolute Gasteiger partial charge is 0.388 e. The summed E-state index contributed by atoms with van der Waals surface area (Å²) < 4.78 is 0. The lowest BCUT2D eigenvalue weighted by Crippen LogP contribution is -2.39. The van der Waals surface area contributed by atoms with E-state index in [9.17, 15) is 5.11 Å². The summed E-state index contributed by atoms with van der Waals surface area (Å²) in [4.78, 5) is 0. The molecule has 2 unspecified atom stereocenters. The summed E-state index contributed by atoms with van der Waals surface area (Å²) in [7, 11) is 0. The third kappa shape index (κ3) is 1.57. The van der Waals surface area contributed by atoms with Crippen LogP contribution in [0, 0.1) is 23.2 Å². The van der Waals surface area contributed by atoms with Crippen LogP contribution in [0.25, 0.3) is 0 Å². The molecule has 3 rings (SSSR count). The quantitative estimate of drug-likeness (QED) is 0.801. The van der Waals surface area contributed by atoms with E-state index in [1.807, 2.05) is 0 Å². The Morgan fingerprint density at radius 3 is 2.18 bits per heavy atom. The topological polar surface area (TPSA) is 44.0 Å². The molecule has 2 atom stereocenters. The number of rotatable bonds is 1. The number of aliphatic hydroxyl groups is 1. The number of hydrogen-bond donors (Lipinski definition) is 1. The number of fused-ring (bicyclic) bond motifs is 3. The van der Waals surface area contributed by atoms with Crippen LogP contribution in [0.1, 0.15) is 30.4 Å². The first-order valence-electron chi connectivity index (χ1n) is 6.40. The van der Waals surface area contributed by atoms with Crippen molar-refractivity contribution >= 4 is 0 Å². The highest BCUT2D eigenvalue weighted by atomic mass is 16.3. The summed E-state index contributed by atoms with van der Waals surface area (Å²) in [5, 5.41) is 19.7. The highest BCUT2D eigenvalue weighted by molar-refractivity contribution is 5.32. The molecule has 1 saturated carbocycles. The fourth-order valence-electron chi connectivity index (χ4n) is 3.70. The van der Waals surface area contributed by atoms with Gasteiger partial charge in [0.25, 0.3) is 0 Å². The molecular formula is C15H17NO. The Balaban J connectivity index is 2.01. The van der Waals surface area contributed by atoms with Gasteiger partial charge in [0, 0.05) is 0 Å². The maximum Gasteiger partial charge on any atom is 0.0839 e. The van der Waals surface area contributed by atoms with Gasteiger partial charge in [0.05, 0.1) is 18.1 Å². The minimum Gasteiger partial charge on any atom is -0.388 e. The third-order valence-electron chi connectivity index (χ3n) is 4.69. The number of benzene rings is 1. The Kier molecular flexibility index (Phi) is 2.45. The Hall–Kier alpha value is -1.33. The summed E-state index contributed by atoms with van der Waals surface area (Å²) in [5.74, 6) is 0.548. The zero-order valence-electron chi connectivity index (χ0n) is 9.89. The van der Waals surface area contributed by atoms with Crippen LogP contribution >= 0.6 is 0 Å².